The fourth-order valence-corrected chi connectivity index (χ4v) is 1.49. The summed E-state index contributed by atoms with van der Waals surface area (Å²) in [6, 6.07) is 1.86. The van der Waals surface area contributed by atoms with Crippen molar-refractivity contribution < 1.29 is 14.2 Å². The summed E-state index contributed by atoms with van der Waals surface area (Å²) in [4.78, 5) is 0. The Kier molecular flexibility index (Phi) is 2.82. The number of hydrogen-bond donors (Lipinski definition) is 0. The van der Waals surface area contributed by atoms with Crippen molar-refractivity contribution in [1.82, 2.24) is 10.2 Å². The lowest BCUT2D eigenvalue weighted by atomic mass is 10.1. The normalized spacial score (nSPS) is 20.3. The molecule has 1 aliphatic rings. The number of ether oxygens (including phenoxy) is 3. The second-order valence-corrected chi connectivity index (χ2v) is 3.09. The molecule has 0 N–H and O–H groups in total. The molecule has 2 rings (SSSR count). The van der Waals surface area contributed by atoms with Crippen molar-refractivity contribution in [3.63, 3.8) is 0 Å². The topological polar surface area (TPSA) is 53.5 Å². The highest BCUT2D eigenvalue weighted by atomic mass is 16.8. The van der Waals surface area contributed by atoms with Crippen LogP contribution in [-0.4, -0.2) is 30.7 Å². The first-order valence-electron chi connectivity index (χ1n) is 4.59. The van der Waals surface area contributed by atoms with Crippen LogP contribution in [0.15, 0.2) is 24.4 Å². The zero-order chi connectivity index (χ0) is 10.7. The summed E-state index contributed by atoms with van der Waals surface area (Å²) >= 11 is 0. The number of hydrogen-bond acceptors (Lipinski definition) is 5. The first kappa shape index (κ1) is 9.92. The summed E-state index contributed by atoms with van der Waals surface area (Å²) in [5.41, 5.74) is 1.90. The maximum atomic E-state index is 5.41. The summed E-state index contributed by atoms with van der Waals surface area (Å²) in [7, 11) is 3.17. The number of rotatable bonds is 3. The molecule has 0 saturated heterocycles. The van der Waals surface area contributed by atoms with E-state index in [1.165, 1.54) is 0 Å². The van der Waals surface area contributed by atoms with Crippen molar-refractivity contribution in [2.45, 2.75) is 12.7 Å². The molecule has 15 heavy (non-hydrogen) atoms. The van der Waals surface area contributed by atoms with Crippen molar-refractivity contribution in [2.24, 2.45) is 0 Å². The monoisotopic (exact) mass is 208 g/mol. The first-order valence-corrected chi connectivity index (χ1v) is 4.59. The van der Waals surface area contributed by atoms with E-state index >= 15 is 0 Å². The summed E-state index contributed by atoms with van der Waals surface area (Å²) in [6.45, 7) is 0. The van der Waals surface area contributed by atoms with E-state index in [1.54, 1.807) is 26.6 Å². The number of nitrogens with zero attached hydrogens (tertiary/aromatic N) is 2. The molecule has 0 saturated carbocycles. The molecule has 1 unspecified atom stereocenters. The Bertz CT molecular complexity index is 364. The highest BCUT2D eigenvalue weighted by Gasteiger charge is 2.27. The van der Waals surface area contributed by atoms with Gasteiger partial charge in [-0.15, -0.1) is 0 Å². The molecular formula is C10H12N2O3. The average molecular weight is 208 g/mol. The largest absolute Gasteiger partial charge is 0.468 e. The minimum absolute atomic E-state index is 0.275. The second-order valence-electron chi connectivity index (χ2n) is 3.09. The Hall–Kier alpha value is -1.62. The summed E-state index contributed by atoms with van der Waals surface area (Å²) < 4.78 is 15.7. The minimum atomic E-state index is -0.275. The Morgan fingerprint density at radius 3 is 2.87 bits per heavy atom. The Morgan fingerprint density at radius 2 is 2.27 bits per heavy atom. The zero-order valence-corrected chi connectivity index (χ0v) is 8.64. The predicted molar refractivity (Wildman–Crippen MR) is 52.5 cm³/mol. The van der Waals surface area contributed by atoms with Crippen LogP contribution >= 0.6 is 0 Å². The molecule has 1 atom stereocenters. The van der Waals surface area contributed by atoms with E-state index in [0.29, 0.717) is 12.4 Å². The van der Waals surface area contributed by atoms with Gasteiger partial charge < -0.3 is 14.2 Å². The van der Waals surface area contributed by atoms with Gasteiger partial charge in [0.05, 0.1) is 19.5 Å². The van der Waals surface area contributed by atoms with Gasteiger partial charge in [-0.1, -0.05) is 0 Å². The Labute approximate surface area is 87.7 Å². The van der Waals surface area contributed by atoms with E-state index in [4.69, 9.17) is 14.2 Å². The smallest absolute Gasteiger partial charge is 0.285 e. The van der Waals surface area contributed by atoms with E-state index in [2.05, 4.69) is 10.2 Å². The van der Waals surface area contributed by atoms with E-state index < -0.39 is 0 Å². The molecule has 5 nitrogen and oxygen atoms in total. The Balaban J connectivity index is 2.27. The lowest BCUT2D eigenvalue weighted by molar-refractivity contribution is -0.108. The van der Waals surface area contributed by atoms with E-state index in [-0.39, 0.29) is 6.29 Å². The molecule has 0 bridgehead atoms. The molecule has 0 amide bonds. The maximum Gasteiger partial charge on any atom is 0.285 e. The highest BCUT2D eigenvalue weighted by Crippen LogP contribution is 2.32. The van der Waals surface area contributed by atoms with Crippen molar-refractivity contribution in [1.29, 1.82) is 0 Å². The van der Waals surface area contributed by atoms with Crippen LogP contribution in [-0.2, 0) is 14.2 Å². The molecule has 0 aromatic carbocycles. The molecule has 0 aliphatic carbocycles. The van der Waals surface area contributed by atoms with Gasteiger partial charge in [0, 0.05) is 24.7 Å². The molecule has 0 fully saturated rings. The van der Waals surface area contributed by atoms with Crippen molar-refractivity contribution >= 4 is 5.57 Å². The van der Waals surface area contributed by atoms with Gasteiger partial charge in [-0.2, -0.15) is 10.2 Å². The molecule has 1 aromatic rings. The molecule has 80 valence electrons. The van der Waals surface area contributed by atoms with Crippen LogP contribution in [0.2, 0.25) is 0 Å². The van der Waals surface area contributed by atoms with Gasteiger partial charge >= 0.3 is 0 Å². The predicted octanol–water partition coefficient (Wildman–Crippen LogP) is 1.18. The van der Waals surface area contributed by atoms with Crippen LogP contribution in [0.5, 0.6) is 0 Å². The fraction of sp³-hybridized carbons (Fsp3) is 0.400. The average Bonchev–Trinajstić information content (AvgIpc) is 2.73. The third-order valence-electron chi connectivity index (χ3n) is 2.24. The molecule has 0 spiro atoms. The summed E-state index contributed by atoms with van der Waals surface area (Å²) in [5.74, 6) is 0.495. The maximum absolute atomic E-state index is 5.41. The van der Waals surface area contributed by atoms with Gasteiger partial charge in [0.15, 0.2) is 0 Å². The van der Waals surface area contributed by atoms with Crippen molar-refractivity contribution in [3.8, 4) is 0 Å². The Morgan fingerprint density at radius 1 is 1.40 bits per heavy atom. The van der Waals surface area contributed by atoms with E-state index in [9.17, 15) is 0 Å². The zero-order valence-electron chi connectivity index (χ0n) is 8.64. The molecule has 1 aliphatic heterocycles. The number of aromatic nitrogens is 2. The van der Waals surface area contributed by atoms with Gasteiger partial charge in [-0.25, -0.2) is 0 Å². The third-order valence-corrected chi connectivity index (χ3v) is 2.24. The fourth-order valence-electron chi connectivity index (χ4n) is 1.49. The molecular weight excluding hydrogens is 196 g/mol. The standard InChI is InChI=1S/C10H12N2O3/c1-13-9-5-8(10(14-2)15-9)7-3-4-11-12-6-7/h3-4,6,9H,5H2,1-2H3. The second kappa shape index (κ2) is 4.27. The van der Waals surface area contributed by atoms with Gasteiger partial charge in [-0.3, -0.25) is 0 Å². The molecule has 2 heterocycles. The molecule has 5 heteroatoms. The molecule has 0 radical (unpaired) electrons. The lowest BCUT2D eigenvalue weighted by Gasteiger charge is -2.08. The van der Waals surface area contributed by atoms with Gasteiger partial charge in [0.25, 0.3) is 5.95 Å². The highest BCUT2D eigenvalue weighted by molar-refractivity contribution is 5.67. The lowest BCUT2D eigenvalue weighted by Crippen LogP contribution is -2.08. The first-order chi connectivity index (χ1) is 7.35. The van der Waals surface area contributed by atoms with Crippen LogP contribution in [0.3, 0.4) is 0 Å². The van der Waals surface area contributed by atoms with Crippen LogP contribution in [0, 0.1) is 0 Å². The van der Waals surface area contributed by atoms with Gasteiger partial charge in [-0.05, 0) is 6.07 Å². The van der Waals surface area contributed by atoms with Crippen LogP contribution in [0.1, 0.15) is 12.0 Å². The molecule has 1 aromatic heterocycles. The van der Waals surface area contributed by atoms with E-state index in [1.807, 2.05) is 6.07 Å². The third kappa shape index (κ3) is 1.92. The van der Waals surface area contributed by atoms with Crippen molar-refractivity contribution in [2.75, 3.05) is 14.2 Å². The minimum Gasteiger partial charge on any atom is -0.468 e. The number of methoxy groups -OCH3 is 2. The summed E-state index contributed by atoms with van der Waals surface area (Å²) in [5, 5.41) is 7.53. The SMILES string of the molecule is COC1=C(c2ccnnc2)CC(OC)O1. The summed E-state index contributed by atoms with van der Waals surface area (Å²) in [6.07, 6.45) is 3.69. The van der Waals surface area contributed by atoms with Crippen LogP contribution in [0.25, 0.3) is 5.57 Å². The van der Waals surface area contributed by atoms with Crippen LogP contribution in [0.4, 0.5) is 0 Å². The van der Waals surface area contributed by atoms with Gasteiger partial charge in [0.1, 0.15) is 0 Å². The van der Waals surface area contributed by atoms with Crippen LogP contribution < -0.4 is 0 Å². The van der Waals surface area contributed by atoms with Crippen molar-refractivity contribution in [3.05, 3.63) is 30.0 Å². The van der Waals surface area contributed by atoms with Gasteiger partial charge in [0.2, 0.25) is 6.29 Å². The quantitative estimate of drug-likeness (QED) is 0.746. The van der Waals surface area contributed by atoms with E-state index in [0.717, 1.165) is 11.1 Å².